The maximum absolute atomic E-state index is 9.45. The Balaban J connectivity index is 0.000000500. The summed E-state index contributed by atoms with van der Waals surface area (Å²) in [6, 6.07) is 7.46. The van der Waals surface area contributed by atoms with E-state index < -0.39 is 0 Å². The molecule has 0 aliphatic rings. The van der Waals surface area contributed by atoms with Crippen molar-refractivity contribution in [3.05, 3.63) is 29.8 Å². The first kappa shape index (κ1) is 13.0. The van der Waals surface area contributed by atoms with Crippen LogP contribution < -0.4 is 5.32 Å². The lowest BCUT2D eigenvalue weighted by atomic mass is 9.86. The maximum atomic E-state index is 9.45. The van der Waals surface area contributed by atoms with Crippen LogP contribution in [0.25, 0.3) is 0 Å². The highest BCUT2D eigenvalue weighted by molar-refractivity contribution is 5.36. The number of para-hydroxylation sites is 1. The van der Waals surface area contributed by atoms with Gasteiger partial charge < -0.3 is 10.4 Å². The van der Waals surface area contributed by atoms with Crippen LogP contribution in [0.5, 0.6) is 5.75 Å². The molecule has 80 valence electrons. The third kappa shape index (κ3) is 4.28. The van der Waals surface area contributed by atoms with Crippen molar-refractivity contribution >= 4 is 0 Å². The second-order valence-corrected chi connectivity index (χ2v) is 4.27. The van der Waals surface area contributed by atoms with Crippen LogP contribution in [0.15, 0.2) is 24.3 Å². The molecule has 2 heteroatoms. The monoisotopic (exact) mass is 195 g/mol. The third-order valence-electron chi connectivity index (χ3n) is 1.71. The van der Waals surface area contributed by atoms with Gasteiger partial charge >= 0.3 is 0 Å². The largest absolute Gasteiger partial charge is 0.508 e. The summed E-state index contributed by atoms with van der Waals surface area (Å²) in [6.07, 6.45) is 0. The zero-order valence-corrected chi connectivity index (χ0v) is 9.76. The van der Waals surface area contributed by atoms with E-state index in [1.807, 2.05) is 32.3 Å². The second kappa shape index (κ2) is 5.66. The van der Waals surface area contributed by atoms with Gasteiger partial charge in [-0.25, -0.2) is 0 Å². The number of hydrogen-bond donors (Lipinski definition) is 2. The molecule has 0 aromatic heterocycles. The fraction of sp³-hybridized carbons (Fsp3) is 0.500. The van der Waals surface area contributed by atoms with Crippen molar-refractivity contribution < 1.29 is 5.11 Å². The number of nitrogens with one attached hydrogen (secondary N) is 1. The van der Waals surface area contributed by atoms with Crippen LogP contribution in [0.2, 0.25) is 0 Å². The summed E-state index contributed by atoms with van der Waals surface area (Å²) >= 11 is 0. The Hall–Kier alpha value is -1.02. The molecule has 2 nitrogen and oxygen atoms in total. The van der Waals surface area contributed by atoms with Crippen LogP contribution in [0.3, 0.4) is 0 Å². The van der Waals surface area contributed by atoms with Crippen LogP contribution in [-0.4, -0.2) is 19.2 Å². The molecule has 1 rings (SSSR count). The molecule has 0 radical (unpaired) electrons. The number of benzene rings is 1. The predicted octanol–water partition coefficient (Wildman–Crippen LogP) is 2.53. The summed E-state index contributed by atoms with van der Waals surface area (Å²) in [6.45, 7) is 6.26. The van der Waals surface area contributed by atoms with Crippen molar-refractivity contribution in [2.45, 2.75) is 26.2 Å². The minimum atomic E-state index is 0.0331. The molecule has 0 unspecified atom stereocenters. The SMILES string of the molecule is CC(C)(C)c1ccccc1O.CNC. The van der Waals surface area contributed by atoms with Gasteiger partial charge in [-0.3, -0.25) is 0 Å². The van der Waals surface area contributed by atoms with E-state index in [0.717, 1.165) is 5.56 Å². The molecule has 0 aliphatic heterocycles. The number of phenols is 1. The van der Waals surface area contributed by atoms with Crippen molar-refractivity contribution in [2.24, 2.45) is 0 Å². The summed E-state index contributed by atoms with van der Waals surface area (Å²) in [4.78, 5) is 0. The number of hydrogen-bond acceptors (Lipinski definition) is 2. The Morgan fingerprint density at radius 2 is 1.50 bits per heavy atom. The van der Waals surface area contributed by atoms with E-state index in [1.54, 1.807) is 6.07 Å². The van der Waals surface area contributed by atoms with E-state index in [4.69, 9.17) is 0 Å². The van der Waals surface area contributed by atoms with E-state index in [1.165, 1.54) is 0 Å². The Morgan fingerprint density at radius 3 is 1.79 bits per heavy atom. The van der Waals surface area contributed by atoms with E-state index in [-0.39, 0.29) is 5.41 Å². The van der Waals surface area contributed by atoms with Crippen LogP contribution in [0.4, 0.5) is 0 Å². The second-order valence-electron chi connectivity index (χ2n) is 4.27. The number of rotatable bonds is 0. The van der Waals surface area contributed by atoms with Gasteiger partial charge in [0.1, 0.15) is 5.75 Å². The molecule has 0 aliphatic carbocycles. The molecule has 1 aromatic rings. The highest BCUT2D eigenvalue weighted by Crippen LogP contribution is 2.29. The first-order valence-corrected chi connectivity index (χ1v) is 4.80. The van der Waals surface area contributed by atoms with Gasteiger partial charge in [-0.05, 0) is 31.1 Å². The molecule has 0 spiro atoms. The average Bonchev–Trinajstić information content (AvgIpc) is 2.04. The lowest BCUT2D eigenvalue weighted by Crippen LogP contribution is -2.10. The third-order valence-corrected chi connectivity index (χ3v) is 1.71. The van der Waals surface area contributed by atoms with E-state index >= 15 is 0 Å². The van der Waals surface area contributed by atoms with Gasteiger partial charge in [-0.1, -0.05) is 39.0 Å². The molecule has 0 fully saturated rings. The van der Waals surface area contributed by atoms with Gasteiger partial charge in [-0.15, -0.1) is 0 Å². The molecule has 0 heterocycles. The van der Waals surface area contributed by atoms with Crippen LogP contribution >= 0.6 is 0 Å². The van der Waals surface area contributed by atoms with E-state index in [0.29, 0.717) is 5.75 Å². The fourth-order valence-electron chi connectivity index (χ4n) is 1.11. The van der Waals surface area contributed by atoms with E-state index in [2.05, 4.69) is 26.1 Å². The minimum absolute atomic E-state index is 0.0331. The zero-order valence-electron chi connectivity index (χ0n) is 9.76. The molecular weight excluding hydrogens is 174 g/mol. The summed E-state index contributed by atoms with van der Waals surface area (Å²) in [5.74, 6) is 0.389. The molecule has 2 N–H and O–H groups in total. The van der Waals surface area contributed by atoms with Crippen molar-refractivity contribution in [2.75, 3.05) is 14.1 Å². The molecule has 1 aromatic carbocycles. The van der Waals surface area contributed by atoms with Gasteiger partial charge in [-0.2, -0.15) is 0 Å². The lowest BCUT2D eigenvalue weighted by molar-refractivity contribution is 0.447. The van der Waals surface area contributed by atoms with Crippen molar-refractivity contribution in [1.82, 2.24) is 5.32 Å². The lowest BCUT2D eigenvalue weighted by Gasteiger charge is -2.19. The van der Waals surface area contributed by atoms with Gasteiger partial charge in [0.15, 0.2) is 0 Å². The Morgan fingerprint density at radius 1 is 1.07 bits per heavy atom. The predicted molar refractivity (Wildman–Crippen MR) is 61.8 cm³/mol. The van der Waals surface area contributed by atoms with E-state index in [9.17, 15) is 5.11 Å². The molecule has 0 saturated heterocycles. The average molecular weight is 195 g/mol. The summed E-state index contributed by atoms with van der Waals surface area (Å²) in [5.41, 5.74) is 1.03. The highest BCUT2D eigenvalue weighted by atomic mass is 16.3. The van der Waals surface area contributed by atoms with Crippen molar-refractivity contribution in [1.29, 1.82) is 0 Å². The summed E-state index contributed by atoms with van der Waals surface area (Å²) < 4.78 is 0. The molecule has 14 heavy (non-hydrogen) atoms. The minimum Gasteiger partial charge on any atom is -0.508 e. The van der Waals surface area contributed by atoms with Gasteiger partial charge in [0.2, 0.25) is 0 Å². The Labute approximate surface area is 87.0 Å². The molecule has 0 saturated carbocycles. The molecular formula is C12H21NO. The Kier molecular flexibility index (Phi) is 5.24. The van der Waals surface area contributed by atoms with Gasteiger partial charge in [0.05, 0.1) is 0 Å². The standard InChI is InChI=1S/C10H14O.C2H7N/c1-10(2,3)8-6-4-5-7-9(8)11;1-3-2/h4-7,11H,1-3H3;3H,1-2H3. The van der Waals surface area contributed by atoms with Gasteiger partial charge in [0, 0.05) is 0 Å². The van der Waals surface area contributed by atoms with Crippen LogP contribution in [0, 0.1) is 0 Å². The smallest absolute Gasteiger partial charge is 0.119 e. The van der Waals surface area contributed by atoms with Crippen LogP contribution in [0.1, 0.15) is 26.3 Å². The topological polar surface area (TPSA) is 32.3 Å². The number of phenolic OH excluding ortho intramolecular Hbond substituents is 1. The quantitative estimate of drug-likeness (QED) is 0.666. The normalized spacial score (nSPS) is 10.4. The summed E-state index contributed by atoms with van der Waals surface area (Å²) in [7, 11) is 3.75. The summed E-state index contributed by atoms with van der Waals surface area (Å²) in [5, 5.41) is 12.2. The Bertz CT molecular complexity index is 263. The zero-order chi connectivity index (χ0) is 11.2. The molecule has 0 atom stereocenters. The fourth-order valence-corrected chi connectivity index (χ4v) is 1.11. The van der Waals surface area contributed by atoms with Crippen molar-refractivity contribution in [3.63, 3.8) is 0 Å². The van der Waals surface area contributed by atoms with Crippen LogP contribution in [-0.2, 0) is 5.41 Å². The number of aromatic hydroxyl groups is 1. The molecule has 0 bridgehead atoms. The maximum Gasteiger partial charge on any atom is 0.119 e. The first-order chi connectivity index (χ1) is 6.43. The van der Waals surface area contributed by atoms with Crippen molar-refractivity contribution in [3.8, 4) is 5.75 Å². The molecule has 0 amide bonds. The highest BCUT2D eigenvalue weighted by Gasteiger charge is 2.16. The van der Waals surface area contributed by atoms with Gasteiger partial charge in [0.25, 0.3) is 0 Å². The first-order valence-electron chi connectivity index (χ1n) is 4.80.